The van der Waals surface area contributed by atoms with Gasteiger partial charge in [0.2, 0.25) is 0 Å². The highest BCUT2D eigenvalue weighted by Crippen LogP contribution is 2.18. The van der Waals surface area contributed by atoms with Gasteiger partial charge >= 0.3 is 0 Å². The van der Waals surface area contributed by atoms with E-state index in [9.17, 15) is 4.79 Å². The number of carbonyl (C=O) groups excluding carboxylic acids is 1. The number of amides is 1. The third-order valence-corrected chi connectivity index (χ3v) is 4.27. The van der Waals surface area contributed by atoms with Gasteiger partial charge in [-0.3, -0.25) is 9.69 Å². The van der Waals surface area contributed by atoms with E-state index in [0.29, 0.717) is 17.2 Å². The summed E-state index contributed by atoms with van der Waals surface area (Å²) >= 11 is 0. The summed E-state index contributed by atoms with van der Waals surface area (Å²) in [5, 5.41) is 3.03. The molecule has 1 fully saturated rings. The van der Waals surface area contributed by atoms with E-state index in [1.807, 2.05) is 13.0 Å². The summed E-state index contributed by atoms with van der Waals surface area (Å²) in [5.41, 5.74) is 1.99. The molecular formula is C18H22N2O2. The summed E-state index contributed by atoms with van der Waals surface area (Å²) in [5.74, 6) is 1.17. The Morgan fingerprint density at radius 2 is 2.14 bits per heavy atom. The van der Waals surface area contributed by atoms with Gasteiger partial charge in [-0.1, -0.05) is 30.3 Å². The minimum Gasteiger partial charge on any atom is -0.469 e. The lowest BCUT2D eigenvalue weighted by Gasteiger charge is -2.16. The minimum atomic E-state index is -0.0345. The fourth-order valence-corrected chi connectivity index (χ4v) is 3.02. The van der Waals surface area contributed by atoms with Crippen LogP contribution >= 0.6 is 0 Å². The van der Waals surface area contributed by atoms with Crippen molar-refractivity contribution in [2.24, 2.45) is 5.92 Å². The van der Waals surface area contributed by atoms with Crippen LogP contribution in [0.2, 0.25) is 0 Å². The van der Waals surface area contributed by atoms with Crippen LogP contribution in [0.3, 0.4) is 0 Å². The van der Waals surface area contributed by atoms with Gasteiger partial charge in [0.15, 0.2) is 0 Å². The smallest absolute Gasteiger partial charge is 0.254 e. The maximum atomic E-state index is 12.1. The lowest BCUT2D eigenvalue weighted by Crippen LogP contribution is -2.31. The summed E-state index contributed by atoms with van der Waals surface area (Å²) in [4.78, 5) is 14.5. The molecule has 0 bridgehead atoms. The van der Waals surface area contributed by atoms with E-state index in [1.165, 1.54) is 5.56 Å². The average Bonchev–Trinajstić information content (AvgIpc) is 3.15. The van der Waals surface area contributed by atoms with Gasteiger partial charge in [-0.25, -0.2) is 0 Å². The highest BCUT2D eigenvalue weighted by atomic mass is 16.3. The maximum Gasteiger partial charge on any atom is 0.254 e. The van der Waals surface area contributed by atoms with Crippen LogP contribution in [-0.4, -0.2) is 30.4 Å². The standard InChI is InChI=1S/C18H22N2O2/c1-14-17(8-10-22-14)18(21)19-11-16-7-9-20(13-16)12-15-5-3-2-4-6-15/h2-6,8,10,16H,7,9,11-13H2,1H3,(H,19,21)/t16-/m0/s1. The van der Waals surface area contributed by atoms with Gasteiger partial charge in [0.1, 0.15) is 5.76 Å². The number of nitrogens with one attached hydrogen (secondary N) is 1. The third kappa shape index (κ3) is 3.57. The highest BCUT2D eigenvalue weighted by molar-refractivity contribution is 5.95. The lowest BCUT2D eigenvalue weighted by atomic mass is 10.1. The van der Waals surface area contributed by atoms with Gasteiger partial charge in [0.25, 0.3) is 5.91 Å². The van der Waals surface area contributed by atoms with Crippen molar-refractivity contribution in [1.29, 1.82) is 0 Å². The molecule has 3 rings (SSSR count). The molecule has 1 N–H and O–H groups in total. The Hall–Kier alpha value is -2.07. The molecule has 4 nitrogen and oxygen atoms in total. The van der Waals surface area contributed by atoms with E-state index in [0.717, 1.165) is 32.6 Å². The van der Waals surface area contributed by atoms with Crippen LogP contribution in [0.1, 0.15) is 28.1 Å². The number of hydrogen-bond donors (Lipinski definition) is 1. The normalized spacial score (nSPS) is 18.5. The zero-order valence-corrected chi connectivity index (χ0v) is 12.9. The first kappa shape index (κ1) is 14.9. The Morgan fingerprint density at radius 3 is 2.86 bits per heavy atom. The zero-order chi connectivity index (χ0) is 15.4. The molecule has 0 unspecified atom stereocenters. The second kappa shape index (κ2) is 6.79. The van der Waals surface area contributed by atoms with E-state index in [-0.39, 0.29) is 5.91 Å². The zero-order valence-electron chi connectivity index (χ0n) is 12.9. The van der Waals surface area contributed by atoms with Gasteiger partial charge in [0.05, 0.1) is 11.8 Å². The average molecular weight is 298 g/mol. The second-order valence-electron chi connectivity index (χ2n) is 5.98. The van der Waals surface area contributed by atoms with Crippen LogP contribution in [0.15, 0.2) is 47.1 Å². The molecule has 1 aliphatic rings. The van der Waals surface area contributed by atoms with Crippen LogP contribution in [-0.2, 0) is 6.54 Å². The number of rotatable bonds is 5. The molecule has 0 radical (unpaired) electrons. The van der Waals surface area contributed by atoms with Crippen molar-refractivity contribution in [1.82, 2.24) is 10.2 Å². The Balaban J connectivity index is 1.45. The van der Waals surface area contributed by atoms with Crippen molar-refractivity contribution in [2.45, 2.75) is 19.9 Å². The number of carbonyl (C=O) groups is 1. The van der Waals surface area contributed by atoms with Crippen LogP contribution in [0.4, 0.5) is 0 Å². The van der Waals surface area contributed by atoms with Crippen molar-refractivity contribution in [2.75, 3.05) is 19.6 Å². The van der Waals surface area contributed by atoms with Gasteiger partial charge in [-0.2, -0.15) is 0 Å². The van der Waals surface area contributed by atoms with Crippen LogP contribution in [0.5, 0.6) is 0 Å². The molecule has 2 heterocycles. The Kier molecular flexibility index (Phi) is 4.59. The fourth-order valence-electron chi connectivity index (χ4n) is 3.02. The van der Waals surface area contributed by atoms with Gasteiger partial charge in [-0.15, -0.1) is 0 Å². The summed E-state index contributed by atoms with van der Waals surface area (Å²) in [7, 11) is 0. The van der Waals surface area contributed by atoms with E-state index >= 15 is 0 Å². The summed E-state index contributed by atoms with van der Waals surface area (Å²) in [6.07, 6.45) is 2.69. The van der Waals surface area contributed by atoms with E-state index in [1.54, 1.807) is 12.3 Å². The Labute approximate surface area is 131 Å². The number of aryl methyl sites for hydroxylation is 1. The van der Waals surface area contributed by atoms with Crippen LogP contribution < -0.4 is 5.32 Å². The lowest BCUT2D eigenvalue weighted by molar-refractivity contribution is 0.0945. The number of hydrogen-bond acceptors (Lipinski definition) is 3. The molecule has 0 aliphatic carbocycles. The molecule has 0 spiro atoms. The molecule has 4 heteroatoms. The number of nitrogens with zero attached hydrogens (tertiary/aromatic N) is 1. The first-order chi connectivity index (χ1) is 10.7. The molecule has 1 atom stereocenters. The minimum absolute atomic E-state index is 0.0345. The molecule has 22 heavy (non-hydrogen) atoms. The van der Waals surface area contributed by atoms with E-state index in [2.05, 4.69) is 34.5 Å². The summed E-state index contributed by atoms with van der Waals surface area (Å²) in [6.45, 7) is 5.67. The second-order valence-corrected chi connectivity index (χ2v) is 5.98. The maximum absolute atomic E-state index is 12.1. The molecule has 1 aromatic heterocycles. The van der Waals surface area contributed by atoms with Crippen LogP contribution in [0, 0.1) is 12.8 Å². The molecule has 1 saturated heterocycles. The number of likely N-dealkylation sites (tertiary alicyclic amines) is 1. The quantitative estimate of drug-likeness (QED) is 0.923. The van der Waals surface area contributed by atoms with Crippen LogP contribution in [0.25, 0.3) is 0 Å². The van der Waals surface area contributed by atoms with E-state index < -0.39 is 0 Å². The number of furan rings is 1. The Bertz CT molecular complexity index is 621. The van der Waals surface area contributed by atoms with Crippen molar-refractivity contribution in [3.63, 3.8) is 0 Å². The van der Waals surface area contributed by atoms with Gasteiger partial charge < -0.3 is 9.73 Å². The summed E-state index contributed by atoms with van der Waals surface area (Å²) < 4.78 is 5.17. The Morgan fingerprint density at radius 1 is 1.32 bits per heavy atom. The van der Waals surface area contributed by atoms with Crippen molar-refractivity contribution in [3.8, 4) is 0 Å². The molecule has 116 valence electrons. The largest absolute Gasteiger partial charge is 0.469 e. The predicted molar refractivity (Wildman–Crippen MR) is 85.6 cm³/mol. The summed E-state index contributed by atoms with van der Waals surface area (Å²) in [6, 6.07) is 12.3. The molecule has 0 saturated carbocycles. The third-order valence-electron chi connectivity index (χ3n) is 4.27. The predicted octanol–water partition coefficient (Wildman–Crippen LogP) is 2.84. The van der Waals surface area contributed by atoms with Gasteiger partial charge in [0, 0.05) is 19.6 Å². The molecule has 2 aromatic rings. The number of benzene rings is 1. The topological polar surface area (TPSA) is 45.5 Å². The van der Waals surface area contributed by atoms with Crippen molar-refractivity contribution >= 4 is 5.91 Å². The highest BCUT2D eigenvalue weighted by Gasteiger charge is 2.23. The molecule has 1 aliphatic heterocycles. The van der Waals surface area contributed by atoms with Gasteiger partial charge in [-0.05, 0) is 37.4 Å². The fraction of sp³-hybridized carbons (Fsp3) is 0.389. The first-order valence-electron chi connectivity index (χ1n) is 7.81. The molecular weight excluding hydrogens is 276 g/mol. The molecule has 1 aromatic carbocycles. The SMILES string of the molecule is Cc1occc1C(=O)NC[C@@H]1CCN(Cc2ccccc2)C1. The monoisotopic (exact) mass is 298 g/mol. The van der Waals surface area contributed by atoms with Crippen molar-refractivity contribution in [3.05, 3.63) is 59.5 Å². The van der Waals surface area contributed by atoms with E-state index in [4.69, 9.17) is 4.42 Å². The molecule has 1 amide bonds. The first-order valence-corrected chi connectivity index (χ1v) is 7.81. The van der Waals surface area contributed by atoms with Crippen molar-refractivity contribution < 1.29 is 9.21 Å².